The summed E-state index contributed by atoms with van der Waals surface area (Å²) in [5.74, 6) is -1.28. The molecule has 3 N–H and O–H groups in total. The van der Waals surface area contributed by atoms with Crippen molar-refractivity contribution in [2.24, 2.45) is 0 Å². The predicted molar refractivity (Wildman–Crippen MR) is 120 cm³/mol. The van der Waals surface area contributed by atoms with Crippen LogP contribution in [0.25, 0.3) is 0 Å². The zero-order chi connectivity index (χ0) is 23.0. The molecule has 0 aromatic heterocycles. The van der Waals surface area contributed by atoms with Gasteiger partial charge in [-0.25, -0.2) is 13.2 Å². The Bertz CT molecular complexity index is 1050. The lowest BCUT2D eigenvalue weighted by atomic mass is 10.2. The third kappa shape index (κ3) is 6.06. The number of anilines is 2. The molecule has 1 amide bonds. The van der Waals surface area contributed by atoms with Crippen LogP contribution in [0.1, 0.15) is 29.6 Å². The van der Waals surface area contributed by atoms with Crippen LogP contribution in [0, 0.1) is 0 Å². The molecular weight excluding hydrogens is 434 g/mol. The molecule has 10 heteroatoms. The number of para-hydroxylation sites is 1. The minimum Gasteiger partial charge on any atom is -0.452 e. The topological polar surface area (TPSA) is 125 Å². The molecule has 0 radical (unpaired) electrons. The van der Waals surface area contributed by atoms with E-state index in [0.29, 0.717) is 24.5 Å². The molecule has 0 unspecified atom stereocenters. The summed E-state index contributed by atoms with van der Waals surface area (Å²) in [6.45, 7) is 0.614. The summed E-state index contributed by atoms with van der Waals surface area (Å²) < 4.78 is 32.2. The van der Waals surface area contributed by atoms with Gasteiger partial charge in [-0.3, -0.25) is 4.79 Å². The van der Waals surface area contributed by atoms with Crippen LogP contribution in [0.5, 0.6) is 0 Å². The van der Waals surface area contributed by atoms with Crippen molar-refractivity contribution < 1.29 is 27.9 Å². The van der Waals surface area contributed by atoms with E-state index in [2.05, 4.69) is 10.6 Å². The molecule has 0 saturated carbocycles. The molecule has 3 rings (SSSR count). The Morgan fingerprint density at radius 1 is 1.03 bits per heavy atom. The normalized spacial score (nSPS) is 14.5. The molecule has 9 nitrogen and oxygen atoms in total. The highest BCUT2D eigenvalue weighted by Gasteiger charge is 2.26. The quantitative estimate of drug-likeness (QED) is 0.488. The summed E-state index contributed by atoms with van der Waals surface area (Å²) in [6.07, 6.45) is 2.68. The molecule has 1 aliphatic heterocycles. The van der Waals surface area contributed by atoms with E-state index >= 15 is 0 Å². The van der Waals surface area contributed by atoms with Gasteiger partial charge in [-0.2, -0.15) is 4.31 Å². The number of rotatable bonds is 9. The van der Waals surface area contributed by atoms with Crippen LogP contribution in [-0.2, 0) is 19.6 Å². The molecule has 32 heavy (non-hydrogen) atoms. The van der Waals surface area contributed by atoms with Crippen molar-refractivity contribution in [3.05, 3.63) is 54.1 Å². The SMILES string of the molecule is O=C(COC(=O)c1ccccc1NCCO)Nc1cccc(S(=O)(=O)N2CCCCC2)c1. The van der Waals surface area contributed by atoms with Gasteiger partial charge < -0.3 is 20.5 Å². The van der Waals surface area contributed by atoms with Crippen LogP contribution in [0.2, 0.25) is 0 Å². The van der Waals surface area contributed by atoms with Gasteiger partial charge in [0.25, 0.3) is 5.91 Å². The van der Waals surface area contributed by atoms with Gasteiger partial charge in [-0.15, -0.1) is 0 Å². The molecule has 2 aromatic carbocycles. The molecule has 0 atom stereocenters. The largest absolute Gasteiger partial charge is 0.452 e. The van der Waals surface area contributed by atoms with Gasteiger partial charge in [0.1, 0.15) is 0 Å². The average Bonchev–Trinajstić information content (AvgIpc) is 2.82. The standard InChI is InChI=1S/C22H27N3O6S/c26-14-11-23-20-10-3-2-9-19(20)22(28)31-16-21(27)24-17-7-6-8-18(15-17)32(29,30)25-12-4-1-5-13-25/h2-3,6-10,15,23,26H,1,4-5,11-14,16H2,(H,24,27). The number of carbonyl (C=O) groups excluding carboxylic acids is 2. The number of ether oxygens (including phenoxy) is 1. The Kier molecular flexibility index (Phi) is 8.20. The molecule has 0 aliphatic carbocycles. The lowest BCUT2D eigenvalue weighted by Crippen LogP contribution is -2.35. The maximum Gasteiger partial charge on any atom is 0.340 e. The number of nitrogens with zero attached hydrogens (tertiary/aromatic N) is 1. The zero-order valence-corrected chi connectivity index (χ0v) is 18.4. The lowest BCUT2D eigenvalue weighted by molar-refractivity contribution is -0.119. The Labute approximate surface area is 187 Å². The number of nitrogens with one attached hydrogen (secondary N) is 2. The third-order valence-corrected chi connectivity index (χ3v) is 6.87. The molecule has 0 bridgehead atoms. The van der Waals surface area contributed by atoms with E-state index in [4.69, 9.17) is 9.84 Å². The lowest BCUT2D eigenvalue weighted by Gasteiger charge is -2.26. The Morgan fingerprint density at radius 3 is 2.53 bits per heavy atom. The third-order valence-electron chi connectivity index (χ3n) is 4.98. The van der Waals surface area contributed by atoms with Gasteiger partial charge in [0, 0.05) is 31.0 Å². The van der Waals surface area contributed by atoms with Crippen LogP contribution in [0.3, 0.4) is 0 Å². The molecule has 1 heterocycles. The van der Waals surface area contributed by atoms with E-state index in [0.717, 1.165) is 19.3 Å². The summed E-state index contributed by atoms with van der Waals surface area (Å²) in [6, 6.07) is 12.6. The Morgan fingerprint density at radius 2 is 1.78 bits per heavy atom. The van der Waals surface area contributed by atoms with Crippen LogP contribution >= 0.6 is 0 Å². The molecule has 2 aromatic rings. The number of hydrogen-bond donors (Lipinski definition) is 3. The van der Waals surface area contributed by atoms with Gasteiger partial charge in [0.05, 0.1) is 17.1 Å². The minimum absolute atomic E-state index is 0.0989. The zero-order valence-electron chi connectivity index (χ0n) is 17.6. The van der Waals surface area contributed by atoms with E-state index in [1.807, 2.05) is 0 Å². The van der Waals surface area contributed by atoms with E-state index < -0.39 is 28.5 Å². The van der Waals surface area contributed by atoms with Crippen LogP contribution in [-0.4, -0.2) is 62.6 Å². The van der Waals surface area contributed by atoms with Crippen LogP contribution in [0.4, 0.5) is 11.4 Å². The second-order valence-electron chi connectivity index (χ2n) is 7.31. The van der Waals surface area contributed by atoms with Crippen molar-refractivity contribution in [1.82, 2.24) is 4.31 Å². The van der Waals surface area contributed by atoms with E-state index in [9.17, 15) is 18.0 Å². The monoisotopic (exact) mass is 461 g/mol. The molecule has 1 saturated heterocycles. The molecular formula is C22H27N3O6S. The number of aliphatic hydroxyl groups is 1. The van der Waals surface area contributed by atoms with E-state index in [1.165, 1.54) is 16.4 Å². The fraction of sp³-hybridized carbons (Fsp3) is 0.364. The number of benzene rings is 2. The maximum absolute atomic E-state index is 12.8. The van der Waals surface area contributed by atoms with Crippen molar-refractivity contribution in [1.29, 1.82) is 0 Å². The maximum atomic E-state index is 12.8. The van der Waals surface area contributed by atoms with Gasteiger partial charge >= 0.3 is 5.97 Å². The molecule has 1 fully saturated rings. The number of esters is 1. The van der Waals surface area contributed by atoms with Crippen molar-refractivity contribution in [3.8, 4) is 0 Å². The van der Waals surface area contributed by atoms with Crippen LogP contribution in [0.15, 0.2) is 53.4 Å². The average molecular weight is 462 g/mol. The number of aliphatic hydroxyl groups excluding tert-OH is 1. The van der Waals surface area contributed by atoms with E-state index in [1.54, 1.807) is 36.4 Å². The van der Waals surface area contributed by atoms with E-state index in [-0.39, 0.29) is 23.6 Å². The number of sulfonamides is 1. The highest BCUT2D eigenvalue weighted by Crippen LogP contribution is 2.23. The minimum atomic E-state index is -3.62. The summed E-state index contributed by atoms with van der Waals surface area (Å²) in [4.78, 5) is 24.7. The van der Waals surface area contributed by atoms with Crippen molar-refractivity contribution in [3.63, 3.8) is 0 Å². The predicted octanol–water partition coefficient (Wildman–Crippen LogP) is 2.06. The molecule has 0 spiro atoms. The summed E-state index contributed by atoms with van der Waals surface area (Å²) in [5, 5.41) is 14.4. The fourth-order valence-corrected chi connectivity index (χ4v) is 4.96. The summed E-state index contributed by atoms with van der Waals surface area (Å²) in [5.41, 5.74) is 1.03. The Balaban J connectivity index is 1.60. The smallest absolute Gasteiger partial charge is 0.340 e. The first kappa shape index (κ1) is 23.7. The first-order valence-corrected chi connectivity index (χ1v) is 11.9. The number of carbonyl (C=O) groups is 2. The number of amides is 1. The second-order valence-corrected chi connectivity index (χ2v) is 9.25. The highest BCUT2D eigenvalue weighted by atomic mass is 32.2. The first-order chi connectivity index (χ1) is 15.4. The molecule has 1 aliphatic rings. The fourth-order valence-electron chi connectivity index (χ4n) is 3.40. The second kappa shape index (κ2) is 11.1. The van der Waals surface area contributed by atoms with Crippen molar-refractivity contribution in [2.75, 3.05) is 43.5 Å². The van der Waals surface area contributed by atoms with Gasteiger partial charge in [0.2, 0.25) is 10.0 Å². The summed E-state index contributed by atoms with van der Waals surface area (Å²) >= 11 is 0. The Hall–Kier alpha value is -2.95. The van der Waals surface area contributed by atoms with Gasteiger partial charge in [-0.1, -0.05) is 24.6 Å². The number of piperidine rings is 1. The highest BCUT2D eigenvalue weighted by molar-refractivity contribution is 7.89. The number of hydrogen-bond acceptors (Lipinski definition) is 7. The van der Waals surface area contributed by atoms with Crippen molar-refractivity contribution in [2.45, 2.75) is 24.2 Å². The molecule has 172 valence electrons. The van der Waals surface area contributed by atoms with Crippen LogP contribution < -0.4 is 10.6 Å². The first-order valence-electron chi connectivity index (χ1n) is 10.4. The van der Waals surface area contributed by atoms with Gasteiger partial charge in [-0.05, 0) is 43.2 Å². The van der Waals surface area contributed by atoms with Gasteiger partial charge in [0.15, 0.2) is 6.61 Å². The summed E-state index contributed by atoms with van der Waals surface area (Å²) in [7, 11) is -3.62. The van der Waals surface area contributed by atoms with Crippen molar-refractivity contribution >= 4 is 33.3 Å².